The first kappa shape index (κ1) is 12.8. The molecule has 0 radical (unpaired) electrons. The average molecular weight is 257 g/mol. The van der Waals surface area contributed by atoms with Gasteiger partial charge in [-0.1, -0.05) is 18.5 Å². The fourth-order valence-electron chi connectivity index (χ4n) is 1.19. The summed E-state index contributed by atoms with van der Waals surface area (Å²) >= 11 is 5.53. The van der Waals surface area contributed by atoms with Crippen LogP contribution in [0.3, 0.4) is 0 Å². The van der Waals surface area contributed by atoms with Crippen LogP contribution in [0, 0.1) is 0 Å². The first-order valence-electron chi connectivity index (χ1n) is 4.35. The van der Waals surface area contributed by atoms with Crippen LogP contribution >= 0.6 is 11.6 Å². The number of aryl methyl sites for hydroxylation is 1. The van der Waals surface area contributed by atoms with Crippen LogP contribution in [0.4, 0.5) is 13.2 Å². The lowest BCUT2D eigenvalue weighted by Crippen LogP contribution is -2.12. The molecule has 4 nitrogen and oxygen atoms in total. The summed E-state index contributed by atoms with van der Waals surface area (Å²) in [5, 5.41) is 11.3. The lowest BCUT2D eigenvalue weighted by molar-refractivity contribution is -0.142. The highest BCUT2D eigenvalue weighted by Gasteiger charge is 2.41. The molecular weight excluding hydrogens is 249 g/mol. The zero-order valence-electron chi connectivity index (χ0n) is 8.18. The van der Waals surface area contributed by atoms with Crippen molar-refractivity contribution < 1.29 is 23.1 Å². The van der Waals surface area contributed by atoms with Crippen molar-refractivity contribution in [1.82, 2.24) is 9.78 Å². The maximum atomic E-state index is 12.4. The number of carboxylic acid groups (broad SMARTS) is 1. The van der Waals surface area contributed by atoms with Gasteiger partial charge >= 0.3 is 12.1 Å². The maximum Gasteiger partial charge on any atom is 0.436 e. The molecule has 0 saturated carbocycles. The molecule has 1 aromatic rings. The van der Waals surface area contributed by atoms with Crippen LogP contribution in [0.25, 0.3) is 0 Å². The van der Waals surface area contributed by atoms with Crippen molar-refractivity contribution in [3.63, 3.8) is 0 Å². The van der Waals surface area contributed by atoms with E-state index in [0.717, 1.165) is 4.68 Å². The molecule has 90 valence electrons. The number of carbonyl (C=O) groups is 1. The van der Waals surface area contributed by atoms with Gasteiger partial charge in [0.2, 0.25) is 0 Å². The molecule has 0 unspecified atom stereocenters. The molecule has 0 atom stereocenters. The minimum atomic E-state index is -4.82. The van der Waals surface area contributed by atoms with E-state index in [4.69, 9.17) is 16.7 Å². The summed E-state index contributed by atoms with van der Waals surface area (Å²) in [6.07, 6.45) is -4.33. The van der Waals surface area contributed by atoms with Crippen LogP contribution in [0.2, 0.25) is 5.15 Å². The molecule has 0 spiro atoms. The number of nitrogens with zero attached hydrogens (tertiary/aromatic N) is 2. The van der Waals surface area contributed by atoms with Gasteiger partial charge in [0.15, 0.2) is 5.69 Å². The second kappa shape index (κ2) is 4.32. The van der Waals surface area contributed by atoms with E-state index < -0.39 is 28.6 Å². The molecule has 0 aliphatic rings. The van der Waals surface area contributed by atoms with E-state index in [1.807, 2.05) is 0 Å². The van der Waals surface area contributed by atoms with Crippen LogP contribution in [-0.2, 0) is 12.7 Å². The molecule has 0 aromatic carbocycles. The molecular formula is C8H8ClF3N2O2. The van der Waals surface area contributed by atoms with Crippen LogP contribution in [-0.4, -0.2) is 20.9 Å². The second-order valence-electron chi connectivity index (χ2n) is 3.04. The Morgan fingerprint density at radius 1 is 1.56 bits per heavy atom. The second-order valence-corrected chi connectivity index (χ2v) is 3.40. The van der Waals surface area contributed by atoms with Gasteiger partial charge in [-0.05, 0) is 6.42 Å². The van der Waals surface area contributed by atoms with Crippen LogP contribution in [0.5, 0.6) is 0 Å². The Morgan fingerprint density at radius 2 is 2.12 bits per heavy atom. The van der Waals surface area contributed by atoms with E-state index in [-0.39, 0.29) is 6.54 Å². The standard InChI is InChI=1S/C8H8ClF3N2O2/c1-2-3-14-6(9)4(7(15)16)5(13-14)8(10,11)12/h2-3H2,1H3,(H,15,16). The molecule has 0 amide bonds. The predicted octanol–water partition coefficient (Wildman–Crippen LogP) is 2.66. The number of hydrogen-bond donors (Lipinski definition) is 1. The zero-order valence-corrected chi connectivity index (χ0v) is 8.93. The number of rotatable bonds is 3. The topological polar surface area (TPSA) is 55.1 Å². The van der Waals surface area contributed by atoms with Gasteiger partial charge in [0, 0.05) is 6.54 Å². The van der Waals surface area contributed by atoms with Crippen molar-refractivity contribution in [3.8, 4) is 0 Å². The lowest BCUT2D eigenvalue weighted by atomic mass is 10.2. The first-order valence-corrected chi connectivity index (χ1v) is 4.73. The fourth-order valence-corrected chi connectivity index (χ4v) is 1.48. The molecule has 0 saturated heterocycles. The van der Waals surface area contributed by atoms with Crippen molar-refractivity contribution in [2.75, 3.05) is 0 Å². The van der Waals surface area contributed by atoms with E-state index in [0.29, 0.717) is 6.42 Å². The van der Waals surface area contributed by atoms with Gasteiger partial charge < -0.3 is 5.11 Å². The molecule has 1 heterocycles. The van der Waals surface area contributed by atoms with Crippen molar-refractivity contribution >= 4 is 17.6 Å². The third kappa shape index (κ3) is 2.29. The highest BCUT2D eigenvalue weighted by atomic mass is 35.5. The average Bonchev–Trinajstić information content (AvgIpc) is 2.44. The highest BCUT2D eigenvalue weighted by Crippen LogP contribution is 2.34. The zero-order chi connectivity index (χ0) is 12.5. The quantitative estimate of drug-likeness (QED) is 0.905. The Morgan fingerprint density at radius 3 is 2.44 bits per heavy atom. The molecule has 8 heteroatoms. The van der Waals surface area contributed by atoms with Crippen molar-refractivity contribution in [3.05, 3.63) is 16.4 Å². The summed E-state index contributed by atoms with van der Waals surface area (Å²) < 4.78 is 38.2. The summed E-state index contributed by atoms with van der Waals surface area (Å²) in [4.78, 5) is 10.7. The molecule has 0 bridgehead atoms. The summed E-state index contributed by atoms with van der Waals surface area (Å²) in [6, 6.07) is 0. The number of halogens is 4. The van der Waals surface area contributed by atoms with Crippen LogP contribution in [0.15, 0.2) is 0 Å². The van der Waals surface area contributed by atoms with Gasteiger partial charge in [0.05, 0.1) is 0 Å². The lowest BCUT2D eigenvalue weighted by Gasteiger charge is -2.02. The summed E-state index contributed by atoms with van der Waals surface area (Å²) in [5.74, 6) is -1.74. The monoisotopic (exact) mass is 256 g/mol. The van der Waals surface area contributed by atoms with Gasteiger partial charge in [-0.2, -0.15) is 18.3 Å². The summed E-state index contributed by atoms with van der Waals surface area (Å²) in [7, 11) is 0. The Bertz CT molecular complexity index is 414. The Hall–Kier alpha value is -1.24. The minimum absolute atomic E-state index is 0.134. The largest absolute Gasteiger partial charge is 0.478 e. The third-order valence-electron chi connectivity index (χ3n) is 1.81. The van der Waals surface area contributed by atoms with Crippen molar-refractivity contribution in [1.29, 1.82) is 0 Å². The van der Waals surface area contributed by atoms with E-state index in [2.05, 4.69) is 5.10 Å². The summed E-state index contributed by atoms with van der Waals surface area (Å²) in [6.45, 7) is 1.85. The fraction of sp³-hybridized carbons (Fsp3) is 0.500. The Kier molecular flexibility index (Phi) is 3.47. The maximum absolute atomic E-state index is 12.4. The van der Waals surface area contributed by atoms with Gasteiger partial charge in [-0.15, -0.1) is 0 Å². The SMILES string of the molecule is CCCn1nc(C(F)(F)F)c(C(=O)O)c1Cl. The molecule has 0 fully saturated rings. The van der Waals surface area contributed by atoms with Gasteiger partial charge in [-0.3, -0.25) is 4.68 Å². The highest BCUT2D eigenvalue weighted by molar-refractivity contribution is 6.32. The predicted molar refractivity (Wildman–Crippen MR) is 49.5 cm³/mol. The first-order chi connectivity index (χ1) is 7.29. The van der Waals surface area contributed by atoms with Crippen molar-refractivity contribution in [2.45, 2.75) is 26.1 Å². The number of aromatic carboxylic acids is 1. The number of carboxylic acids is 1. The number of alkyl halides is 3. The molecule has 0 aliphatic heterocycles. The van der Waals surface area contributed by atoms with Crippen LogP contribution in [0.1, 0.15) is 29.4 Å². The number of aromatic nitrogens is 2. The van der Waals surface area contributed by atoms with E-state index in [9.17, 15) is 18.0 Å². The normalized spacial score (nSPS) is 11.8. The van der Waals surface area contributed by atoms with Gasteiger partial charge in [0.1, 0.15) is 10.7 Å². The minimum Gasteiger partial charge on any atom is -0.478 e. The smallest absolute Gasteiger partial charge is 0.436 e. The summed E-state index contributed by atoms with van der Waals surface area (Å²) in [5.41, 5.74) is -2.46. The Balaban J connectivity index is 3.37. The molecule has 1 N–H and O–H groups in total. The number of hydrogen-bond acceptors (Lipinski definition) is 2. The Labute approximate surface area is 93.6 Å². The molecule has 0 aliphatic carbocycles. The molecule has 16 heavy (non-hydrogen) atoms. The van der Waals surface area contributed by atoms with E-state index in [1.54, 1.807) is 6.92 Å². The van der Waals surface area contributed by atoms with E-state index in [1.165, 1.54) is 0 Å². The van der Waals surface area contributed by atoms with Gasteiger partial charge in [0.25, 0.3) is 0 Å². The van der Waals surface area contributed by atoms with Crippen molar-refractivity contribution in [2.24, 2.45) is 0 Å². The third-order valence-corrected chi connectivity index (χ3v) is 2.19. The molecule has 1 aromatic heterocycles. The van der Waals surface area contributed by atoms with Gasteiger partial charge in [-0.25, -0.2) is 4.79 Å². The van der Waals surface area contributed by atoms with Crippen LogP contribution < -0.4 is 0 Å². The van der Waals surface area contributed by atoms with E-state index >= 15 is 0 Å². The molecule has 1 rings (SSSR count).